The molecule has 1 aromatic carbocycles. The molecular weight excluding hydrogens is 254 g/mol. The Hall–Kier alpha value is -1.85. The predicted octanol–water partition coefficient (Wildman–Crippen LogP) is 1.44. The summed E-state index contributed by atoms with van der Waals surface area (Å²) in [6.45, 7) is 3.26. The molecule has 2 aromatic rings. The van der Waals surface area contributed by atoms with Gasteiger partial charge in [-0.05, 0) is 17.7 Å². The number of aromatic nitrogens is 2. The van der Waals surface area contributed by atoms with Gasteiger partial charge >= 0.3 is 0 Å². The summed E-state index contributed by atoms with van der Waals surface area (Å²) >= 11 is 0. The van der Waals surface area contributed by atoms with Crippen LogP contribution in [0.4, 0.5) is 0 Å². The molecule has 20 heavy (non-hydrogen) atoms. The largest absolute Gasteiger partial charge is 0.497 e. The van der Waals surface area contributed by atoms with Crippen LogP contribution in [0.2, 0.25) is 0 Å². The number of hydrogen-bond donors (Lipinski definition) is 1. The zero-order valence-electron chi connectivity index (χ0n) is 11.6. The Bertz CT molecular complexity index is 582. The third-order valence-corrected chi connectivity index (χ3v) is 3.73. The van der Waals surface area contributed by atoms with Gasteiger partial charge in [-0.3, -0.25) is 4.90 Å². The maximum atomic E-state index is 10.4. The van der Waals surface area contributed by atoms with Crippen molar-refractivity contribution in [1.29, 1.82) is 0 Å². The molecule has 1 aromatic heterocycles. The van der Waals surface area contributed by atoms with Crippen molar-refractivity contribution in [1.82, 2.24) is 14.5 Å². The molecule has 0 amide bonds. The Morgan fingerprint density at radius 1 is 1.40 bits per heavy atom. The van der Waals surface area contributed by atoms with Gasteiger partial charge in [-0.25, -0.2) is 4.98 Å². The molecule has 0 radical (unpaired) electrons. The highest BCUT2D eigenvalue weighted by Crippen LogP contribution is 2.21. The number of nitrogens with zero attached hydrogens (tertiary/aromatic N) is 3. The molecule has 1 unspecified atom stereocenters. The number of methoxy groups -OCH3 is 1. The Balaban J connectivity index is 1.66. The van der Waals surface area contributed by atoms with Gasteiger partial charge in [0, 0.05) is 32.0 Å². The molecule has 3 rings (SSSR count). The summed E-state index contributed by atoms with van der Waals surface area (Å²) in [5.74, 6) is 1.84. The molecule has 2 heterocycles. The molecule has 0 saturated heterocycles. The van der Waals surface area contributed by atoms with Crippen LogP contribution in [0.15, 0.2) is 36.7 Å². The van der Waals surface area contributed by atoms with Crippen LogP contribution in [0.1, 0.15) is 17.5 Å². The molecule has 0 aliphatic carbocycles. The second-order valence-corrected chi connectivity index (χ2v) is 5.06. The van der Waals surface area contributed by atoms with Gasteiger partial charge in [-0.15, -0.1) is 0 Å². The maximum absolute atomic E-state index is 10.4. The van der Waals surface area contributed by atoms with Crippen molar-refractivity contribution in [3.63, 3.8) is 0 Å². The third kappa shape index (κ3) is 2.69. The topological polar surface area (TPSA) is 50.5 Å². The van der Waals surface area contributed by atoms with Crippen molar-refractivity contribution in [2.75, 3.05) is 20.2 Å². The Morgan fingerprint density at radius 2 is 2.30 bits per heavy atom. The van der Waals surface area contributed by atoms with Crippen LogP contribution in [0.25, 0.3) is 0 Å². The van der Waals surface area contributed by atoms with E-state index in [0.717, 1.165) is 36.8 Å². The first-order chi connectivity index (χ1) is 9.76. The number of fused-ring (bicyclic) bond motifs is 1. The van der Waals surface area contributed by atoms with E-state index in [4.69, 9.17) is 4.74 Å². The van der Waals surface area contributed by atoms with Gasteiger partial charge in [-0.2, -0.15) is 0 Å². The number of ether oxygens (including phenoxy) is 1. The van der Waals surface area contributed by atoms with Crippen LogP contribution in [0.3, 0.4) is 0 Å². The Labute approximate surface area is 118 Å². The highest BCUT2D eigenvalue weighted by Gasteiger charge is 2.20. The zero-order chi connectivity index (χ0) is 13.9. The monoisotopic (exact) mass is 273 g/mol. The number of β-amino-alcohol motifs (C(OH)–C–C–N with tert-alkyl or cyclic N) is 1. The van der Waals surface area contributed by atoms with Crippen molar-refractivity contribution in [2.45, 2.75) is 19.2 Å². The fourth-order valence-electron chi connectivity index (χ4n) is 2.58. The number of hydrogen-bond acceptors (Lipinski definition) is 4. The first-order valence-electron chi connectivity index (χ1n) is 6.80. The molecule has 1 N–H and O–H groups in total. The van der Waals surface area contributed by atoms with Gasteiger partial charge in [0.15, 0.2) is 0 Å². The molecule has 0 fully saturated rings. The highest BCUT2D eigenvalue weighted by atomic mass is 16.5. The van der Waals surface area contributed by atoms with E-state index in [1.54, 1.807) is 7.11 Å². The van der Waals surface area contributed by atoms with E-state index in [-0.39, 0.29) is 0 Å². The third-order valence-electron chi connectivity index (χ3n) is 3.73. The molecular formula is C15H19N3O2. The van der Waals surface area contributed by atoms with Crippen LogP contribution in [-0.4, -0.2) is 39.8 Å². The van der Waals surface area contributed by atoms with E-state index in [1.807, 2.05) is 36.7 Å². The van der Waals surface area contributed by atoms with E-state index in [9.17, 15) is 5.11 Å². The minimum absolute atomic E-state index is 0.508. The fraction of sp³-hybridized carbons (Fsp3) is 0.400. The molecule has 0 spiro atoms. The lowest BCUT2D eigenvalue weighted by atomic mass is 10.1. The second-order valence-electron chi connectivity index (χ2n) is 5.06. The molecule has 1 aliphatic rings. The summed E-state index contributed by atoms with van der Waals surface area (Å²) in [5.41, 5.74) is 0.887. The molecule has 106 valence electrons. The number of aliphatic hydroxyl groups excluding tert-OH is 1. The van der Waals surface area contributed by atoms with Gasteiger partial charge in [0.05, 0.1) is 19.8 Å². The summed E-state index contributed by atoms with van der Waals surface area (Å²) in [5, 5.41) is 10.4. The lowest BCUT2D eigenvalue weighted by Crippen LogP contribution is -2.36. The van der Waals surface area contributed by atoms with Gasteiger partial charge in [-0.1, -0.05) is 12.1 Å². The minimum atomic E-state index is -0.508. The minimum Gasteiger partial charge on any atom is -0.497 e. The molecule has 1 aliphatic heterocycles. The lowest BCUT2D eigenvalue weighted by molar-refractivity contribution is 0.0961. The van der Waals surface area contributed by atoms with E-state index < -0.39 is 6.10 Å². The van der Waals surface area contributed by atoms with Crippen molar-refractivity contribution in [3.05, 3.63) is 48.0 Å². The molecule has 5 nitrogen and oxygen atoms in total. The second kappa shape index (κ2) is 5.64. The normalized spacial score (nSPS) is 16.7. The standard InChI is InChI=1S/C15H19N3O2/c1-20-13-4-2-3-12(9-13)14(19)10-17-7-8-18-6-5-16-15(18)11-17/h2-6,9,14,19H,7-8,10-11H2,1H3. The smallest absolute Gasteiger partial charge is 0.122 e. The van der Waals surface area contributed by atoms with Crippen LogP contribution in [0.5, 0.6) is 5.75 Å². The molecule has 0 bridgehead atoms. The van der Waals surface area contributed by atoms with Gasteiger partial charge in [0.2, 0.25) is 0 Å². The van der Waals surface area contributed by atoms with E-state index in [1.165, 1.54) is 0 Å². The van der Waals surface area contributed by atoms with Crippen molar-refractivity contribution >= 4 is 0 Å². The van der Waals surface area contributed by atoms with Crippen LogP contribution >= 0.6 is 0 Å². The average Bonchev–Trinajstić information content (AvgIpc) is 2.95. The van der Waals surface area contributed by atoms with Gasteiger partial charge in [0.1, 0.15) is 11.6 Å². The Kier molecular flexibility index (Phi) is 3.71. The number of aliphatic hydroxyl groups is 1. The molecule has 0 saturated carbocycles. The summed E-state index contributed by atoms with van der Waals surface area (Å²) in [6, 6.07) is 7.60. The van der Waals surface area contributed by atoms with E-state index in [2.05, 4.69) is 14.5 Å². The molecule has 5 heteroatoms. The SMILES string of the molecule is COc1cccc(C(O)CN2CCn3ccnc3C2)c1. The summed E-state index contributed by atoms with van der Waals surface area (Å²) in [7, 11) is 1.63. The van der Waals surface area contributed by atoms with Gasteiger partial charge in [0.25, 0.3) is 0 Å². The fourth-order valence-corrected chi connectivity index (χ4v) is 2.58. The first kappa shape index (κ1) is 13.1. The summed E-state index contributed by atoms with van der Waals surface area (Å²) in [4.78, 5) is 6.56. The van der Waals surface area contributed by atoms with Crippen LogP contribution in [-0.2, 0) is 13.1 Å². The van der Waals surface area contributed by atoms with Crippen molar-refractivity contribution in [2.24, 2.45) is 0 Å². The quantitative estimate of drug-likeness (QED) is 0.916. The highest BCUT2D eigenvalue weighted by molar-refractivity contribution is 5.29. The number of imidazole rings is 1. The van der Waals surface area contributed by atoms with E-state index >= 15 is 0 Å². The van der Waals surface area contributed by atoms with Crippen LogP contribution < -0.4 is 4.74 Å². The summed E-state index contributed by atoms with van der Waals surface area (Å²) in [6.07, 6.45) is 3.33. The van der Waals surface area contributed by atoms with Crippen molar-refractivity contribution < 1.29 is 9.84 Å². The zero-order valence-corrected chi connectivity index (χ0v) is 11.6. The predicted molar refractivity (Wildman–Crippen MR) is 75.5 cm³/mol. The average molecular weight is 273 g/mol. The first-order valence-corrected chi connectivity index (χ1v) is 6.80. The van der Waals surface area contributed by atoms with Crippen molar-refractivity contribution in [3.8, 4) is 5.75 Å². The summed E-state index contributed by atoms with van der Waals surface area (Å²) < 4.78 is 7.35. The number of rotatable bonds is 4. The van der Waals surface area contributed by atoms with Gasteiger partial charge < -0.3 is 14.4 Å². The van der Waals surface area contributed by atoms with E-state index in [0.29, 0.717) is 6.54 Å². The molecule has 1 atom stereocenters. The Morgan fingerprint density at radius 3 is 3.15 bits per heavy atom. The van der Waals surface area contributed by atoms with Crippen LogP contribution in [0, 0.1) is 0 Å². The maximum Gasteiger partial charge on any atom is 0.122 e. The number of benzene rings is 1. The lowest BCUT2D eigenvalue weighted by Gasteiger charge is -2.29.